The number of carboxylic acids is 1. The Labute approximate surface area is 121 Å². The van der Waals surface area contributed by atoms with E-state index < -0.39 is 5.97 Å². The summed E-state index contributed by atoms with van der Waals surface area (Å²) in [5, 5.41) is 13.8. The summed E-state index contributed by atoms with van der Waals surface area (Å²) in [6, 6.07) is 0. The smallest absolute Gasteiger partial charge is 0.372 e. The maximum absolute atomic E-state index is 11.2. The maximum atomic E-state index is 11.2. The average Bonchev–Trinajstić information content (AvgIpc) is 2.94. The normalized spacial score (nSPS) is 19.8. The van der Waals surface area contributed by atoms with Crippen LogP contribution in [0.15, 0.2) is 10.6 Å². The van der Waals surface area contributed by atoms with Crippen molar-refractivity contribution < 1.29 is 19.1 Å². The fourth-order valence-electron chi connectivity index (χ4n) is 3.10. The van der Waals surface area contributed by atoms with E-state index >= 15 is 0 Å². The summed E-state index contributed by atoms with van der Waals surface area (Å²) >= 11 is 0. The molecule has 1 atom stereocenters. The van der Waals surface area contributed by atoms with Gasteiger partial charge < -0.3 is 14.3 Å². The third kappa shape index (κ3) is 1.90. The van der Waals surface area contributed by atoms with Crippen molar-refractivity contribution in [3.05, 3.63) is 28.8 Å². The Morgan fingerprint density at radius 1 is 1.52 bits per heavy atom. The molecule has 2 aromatic heterocycles. The molecule has 2 aliphatic rings. The average molecular weight is 288 g/mol. The van der Waals surface area contributed by atoms with Crippen molar-refractivity contribution in [1.82, 2.24) is 9.78 Å². The first kappa shape index (κ1) is 12.6. The lowest BCUT2D eigenvalue weighted by molar-refractivity contribution is -0.0608. The molecule has 1 aliphatic carbocycles. The Balaban J connectivity index is 1.75. The van der Waals surface area contributed by atoms with Gasteiger partial charge in [-0.05, 0) is 25.3 Å². The Bertz CT molecular complexity index is 724. The monoisotopic (exact) mass is 288 g/mol. The second kappa shape index (κ2) is 4.46. The van der Waals surface area contributed by atoms with Crippen LogP contribution in [0.25, 0.3) is 11.3 Å². The number of nitrogens with zero attached hydrogens (tertiary/aromatic N) is 2. The Morgan fingerprint density at radius 2 is 2.33 bits per heavy atom. The summed E-state index contributed by atoms with van der Waals surface area (Å²) < 4.78 is 12.9. The van der Waals surface area contributed by atoms with E-state index in [1.807, 2.05) is 10.9 Å². The lowest BCUT2D eigenvalue weighted by Crippen LogP contribution is -2.31. The van der Waals surface area contributed by atoms with Crippen molar-refractivity contribution in [2.75, 3.05) is 6.61 Å². The van der Waals surface area contributed by atoms with E-state index in [0.29, 0.717) is 5.56 Å². The van der Waals surface area contributed by atoms with Crippen molar-refractivity contribution >= 4 is 5.97 Å². The summed E-state index contributed by atoms with van der Waals surface area (Å²) in [5.74, 6) is -0.252. The summed E-state index contributed by atoms with van der Waals surface area (Å²) in [7, 11) is 0. The van der Waals surface area contributed by atoms with Gasteiger partial charge in [-0.2, -0.15) is 5.10 Å². The molecule has 0 saturated carbocycles. The van der Waals surface area contributed by atoms with Crippen molar-refractivity contribution in [3.63, 3.8) is 0 Å². The number of carboxylic acid groups (broad SMARTS) is 1. The molecule has 6 nitrogen and oxygen atoms in total. The minimum absolute atomic E-state index is 0.0322. The first-order chi connectivity index (χ1) is 10.1. The molecule has 0 amide bonds. The molecule has 1 saturated heterocycles. The number of carbonyl (C=O) groups is 1. The molecule has 1 unspecified atom stereocenters. The van der Waals surface area contributed by atoms with Crippen LogP contribution in [-0.2, 0) is 24.1 Å². The third-order valence-corrected chi connectivity index (χ3v) is 4.29. The van der Waals surface area contributed by atoms with E-state index in [2.05, 4.69) is 5.10 Å². The third-order valence-electron chi connectivity index (χ3n) is 4.29. The molecule has 1 N–H and O–H groups in total. The molecule has 1 aliphatic heterocycles. The molecular weight excluding hydrogens is 272 g/mol. The first-order valence-corrected chi connectivity index (χ1v) is 7.17. The number of ether oxygens (including phenoxy) is 1. The van der Waals surface area contributed by atoms with Crippen LogP contribution in [0.1, 0.15) is 33.9 Å². The molecule has 0 aromatic carbocycles. The van der Waals surface area contributed by atoms with Gasteiger partial charge in [-0.1, -0.05) is 0 Å². The summed E-state index contributed by atoms with van der Waals surface area (Å²) in [5.41, 5.74) is 3.55. The topological polar surface area (TPSA) is 77.5 Å². The van der Waals surface area contributed by atoms with E-state index in [1.165, 1.54) is 0 Å². The molecule has 0 spiro atoms. The molecular formula is C15H16N2O4. The Hall–Kier alpha value is -2.08. The highest BCUT2D eigenvalue weighted by atomic mass is 16.5. The van der Waals surface area contributed by atoms with Gasteiger partial charge in [0.1, 0.15) is 5.76 Å². The molecule has 6 heteroatoms. The standard InChI is InChI=1S/C15H16N2O4/c1-8-12-11(21-14(8)15(18)19)3-2-9-6-17(16-13(9)12)7-10-4-5-20-10/h6,10H,2-5,7H2,1H3,(H,18,19). The maximum Gasteiger partial charge on any atom is 0.372 e. The quantitative estimate of drug-likeness (QED) is 0.935. The SMILES string of the molecule is Cc1c(C(=O)O)oc2c1-c1nn(CC3CCO3)cc1CC2. The van der Waals surface area contributed by atoms with E-state index in [4.69, 9.17) is 9.15 Å². The van der Waals surface area contributed by atoms with E-state index in [9.17, 15) is 9.90 Å². The molecule has 110 valence electrons. The molecule has 1 fully saturated rings. The van der Waals surface area contributed by atoms with Gasteiger partial charge >= 0.3 is 5.97 Å². The van der Waals surface area contributed by atoms with Crippen molar-refractivity contribution in [1.29, 1.82) is 0 Å². The Morgan fingerprint density at radius 3 is 3.00 bits per heavy atom. The van der Waals surface area contributed by atoms with Crippen LogP contribution in [0.2, 0.25) is 0 Å². The first-order valence-electron chi connectivity index (χ1n) is 7.17. The van der Waals surface area contributed by atoms with E-state index in [0.717, 1.165) is 55.0 Å². The second-order valence-corrected chi connectivity index (χ2v) is 5.67. The summed E-state index contributed by atoms with van der Waals surface area (Å²) in [4.78, 5) is 11.2. The highest BCUT2D eigenvalue weighted by Crippen LogP contribution is 2.38. The van der Waals surface area contributed by atoms with Crippen LogP contribution in [0.5, 0.6) is 0 Å². The number of aromatic carboxylic acids is 1. The fourth-order valence-corrected chi connectivity index (χ4v) is 3.10. The minimum atomic E-state index is -1.02. The number of aromatic nitrogens is 2. The van der Waals surface area contributed by atoms with Crippen LogP contribution in [-0.4, -0.2) is 33.6 Å². The molecule has 3 heterocycles. The van der Waals surface area contributed by atoms with Crippen LogP contribution < -0.4 is 0 Å². The van der Waals surface area contributed by atoms with Gasteiger partial charge in [0.25, 0.3) is 0 Å². The van der Waals surface area contributed by atoms with Crippen LogP contribution in [0, 0.1) is 6.92 Å². The minimum Gasteiger partial charge on any atom is -0.475 e. The highest BCUT2D eigenvalue weighted by Gasteiger charge is 2.30. The molecule has 0 bridgehead atoms. The van der Waals surface area contributed by atoms with Crippen LogP contribution in [0.3, 0.4) is 0 Å². The lowest BCUT2D eigenvalue weighted by atomic mass is 9.94. The van der Waals surface area contributed by atoms with Gasteiger partial charge in [0, 0.05) is 30.4 Å². The molecule has 4 rings (SSSR count). The Kier molecular flexibility index (Phi) is 2.68. The number of rotatable bonds is 3. The van der Waals surface area contributed by atoms with Gasteiger partial charge in [-0.25, -0.2) is 4.79 Å². The number of hydrogen-bond donors (Lipinski definition) is 1. The predicted molar refractivity (Wildman–Crippen MR) is 73.4 cm³/mol. The predicted octanol–water partition coefficient (Wildman–Crippen LogP) is 2.04. The number of fused-ring (bicyclic) bond motifs is 3. The number of furan rings is 1. The fraction of sp³-hybridized carbons (Fsp3) is 0.467. The van der Waals surface area contributed by atoms with Crippen molar-refractivity contribution in [3.8, 4) is 11.3 Å². The number of aryl methyl sites for hydroxylation is 2. The molecule has 0 radical (unpaired) electrons. The molecule has 2 aromatic rings. The van der Waals surface area contributed by atoms with Gasteiger partial charge in [0.2, 0.25) is 5.76 Å². The number of hydrogen-bond acceptors (Lipinski definition) is 4. The van der Waals surface area contributed by atoms with E-state index in [-0.39, 0.29) is 11.9 Å². The van der Waals surface area contributed by atoms with Gasteiger partial charge in [-0.3, -0.25) is 4.68 Å². The van der Waals surface area contributed by atoms with E-state index in [1.54, 1.807) is 6.92 Å². The van der Waals surface area contributed by atoms with Crippen molar-refractivity contribution in [2.45, 2.75) is 38.8 Å². The summed E-state index contributed by atoms with van der Waals surface area (Å²) in [6.45, 7) is 3.37. The van der Waals surface area contributed by atoms with Gasteiger partial charge in [0.15, 0.2) is 0 Å². The highest BCUT2D eigenvalue weighted by molar-refractivity contribution is 5.90. The zero-order valence-corrected chi connectivity index (χ0v) is 11.8. The zero-order chi connectivity index (χ0) is 14.6. The van der Waals surface area contributed by atoms with Crippen LogP contribution in [0.4, 0.5) is 0 Å². The zero-order valence-electron chi connectivity index (χ0n) is 11.8. The largest absolute Gasteiger partial charge is 0.475 e. The lowest BCUT2D eigenvalue weighted by Gasteiger charge is -2.26. The van der Waals surface area contributed by atoms with Gasteiger partial charge in [0.05, 0.1) is 18.3 Å². The second-order valence-electron chi connectivity index (χ2n) is 5.67. The molecule has 21 heavy (non-hydrogen) atoms. The van der Waals surface area contributed by atoms with Crippen molar-refractivity contribution in [2.24, 2.45) is 0 Å². The van der Waals surface area contributed by atoms with Gasteiger partial charge in [-0.15, -0.1) is 0 Å². The van der Waals surface area contributed by atoms with Crippen LogP contribution >= 0.6 is 0 Å². The summed E-state index contributed by atoms with van der Waals surface area (Å²) in [6.07, 6.45) is 4.93.